The second kappa shape index (κ2) is 23.6. The number of aliphatic carboxylic acids is 2. The van der Waals surface area contributed by atoms with Gasteiger partial charge in [0.2, 0.25) is 0 Å². The van der Waals surface area contributed by atoms with Crippen LogP contribution >= 0.6 is 23.2 Å². The number of aromatic nitrogens is 2. The molecule has 0 saturated carbocycles. The van der Waals surface area contributed by atoms with Crippen molar-refractivity contribution in [3.63, 3.8) is 0 Å². The molecule has 0 spiro atoms. The van der Waals surface area contributed by atoms with Crippen LogP contribution < -0.4 is 29.6 Å². The van der Waals surface area contributed by atoms with Gasteiger partial charge >= 0.3 is 11.9 Å². The highest BCUT2D eigenvalue weighted by atomic mass is 35.5. The summed E-state index contributed by atoms with van der Waals surface area (Å²) >= 11 is 13.5. The Bertz CT molecular complexity index is 2600. The van der Waals surface area contributed by atoms with Crippen LogP contribution in [-0.4, -0.2) is 45.2 Å². The van der Waals surface area contributed by atoms with Gasteiger partial charge in [-0.05, 0) is 71.5 Å². The van der Waals surface area contributed by atoms with Crippen molar-refractivity contribution in [3.8, 4) is 46.3 Å². The summed E-state index contributed by atoms with van der Waals surface area (Å²) < 4.78 is 25.1. The molecule has 4 N–H and O–H groups in total. The van der Waals surface area contributed by atoms with Crippen molar-refractivity contribution in [2.75, 3.05) is 13.1 Å². The fraction of sp³-hybridized carbons (Fsp3) is 0.240. The first-order chi connectivity index (χ1) is 31.9. The topological polar surface area (TPSA) is 209 Å². The molecule has 6 aromatic rings. The molecule has 14 nitrogen and oxygen atoms in total. The van der Waals surface area contributed by atoms with E-state index in [0.29, 0.717) is 79.5 Å². The largest absolute Gasteiger partial charge is 0.488 e. The van der Waals surface area contributed by atoms with E-state index in [1.54, 1.807) is 48.8 Å². The van der Waals surface area contributed by atoms with Crippen molar-refractivity contribution in [1.29, 1.82) is 10.5 Å². The van der Waals surface area contributed by atoms with Gasteiger partial charge in [0.15, 0.2) is 0 Å². The molecule has 66 heavy (non-hydrogen) atoms. The lowest BCUT2D eigenvalue weighted by Gasteiger charge is -2.19. The van der Waals surface area contributed by atoms with Crippen LogP contribution in [0.15, 0.2) is 97.6 Å². The first-order valence-corrected chi connectivity index (χ1v) is 21.5. The Morgan fingerprint density at radius 3 is 1.38 bits per heavy atom. The minimum absolute atomic E-state index is 0.0471. The van der Waals surface area contributed by atoms with Gasteiger partial charge in [-0.3, -0.25) is 19.6 Å². The van der Waals surface area contributed by atoms with E-state index < -0.39 is 11.9 Å². The van der Waals surface area contributed by atoms with E-state index in [2.05, 4.69) is 44.9 Å². The van der Waals surface area contributed by atoms with Crippen LogP contribution in [0.3, 0.4) is 0 Å². The number of carbonyl (C=O) groups is 2. The number of pyridine rings is 2. The highest BCUT2D eigenvalue weighted by Crippen LogP contribution is 2.37. The number of halogens is 2. The third kappa shape index (κ3) is 13.4. The first-order valence-electron chi connectivity index (χ1n) is 20.8. The molecule has 0 saturated heterocycles. The molecular weight excluding hydrogens is 883 g/mol. The van der Waals surface area contributed by atoms with E-state index in [0.717, 1.165) is 33.4 Å². The Morgan fingerprint density at radius 1 is 0.576 bits per heavy atom. The van der Waals surface area contributed by atoms with Gasteiger partial charge in [-0.1, -0.05) is 59.6 Å². The molecule has 6 rings (SSSR count). The molecule has 16 heteroatoms. The summed E-state index contributed by atoms with van der Waals surface area (Å²) in [5.74, 6) is -0.0825. The van der Waals surface area contributed by atoms with Crippen molar-refractivity contribution in [2.24, 2.45) is 0 Å². The highest BCUT2D eigenvalue weighted by Gasteiger charge is 2.17. The van der Waals surface area contributed by atoms with Gasteiger partial charge < -0.3 is 39.8 Å². The number of carboxylic acids is 2. The molecule has 0 fully saturated rings. The summed E-state index contributed by atoms with van der Waals surface area (Å²) in [4.78, 5) is 30.4. The Hall–Kier alpha value is -7.20. The molecule has 2 heterocycles. The second-order valence-electron chi connectivity index (χ2n) is 15.1. The van der Waals surface area contributed by atoms with Crippen molar-refractivity contribution in [1.82, 2.24) is 20.6 Å². The average molecular weight is 930 g/mol. The van der Waals surface area contributed by atoms with Gasteiger partial charge in [-0.2, -0.15) is 10.5 Å². The van der Waals surface area contributed by atoms with Crippen LogP contribution in [0.25, 0.3) is 11.1 Å². The maximum atomic E-state index is 11.1. The summed E-state index contributed by atoms with van der Waals surface area (Å²) in [7, 11) is 0. The van der Waals surface area contributed by atoms with Crippen molar-refractivity contribution < 1.29 is 38.7 Å². The Balaban J connectivity index is 1.18. The van der Waals surface area contributed by atoms with Crippen molar-refractivity contribution >= 4 is 35.1 Å². The van der Waals surface area contributed by atoms with Crippen molar-refractivity contribution in [3.05, 3.63) is 163 Å². The van der Waals surface area contributed by atoms with Crippen LogP contribution in [-0.2, 0) is 49.1 Å². The minimum Gasteiger partial charge on any atom is -0.488 e. The van der Waals surface area contributed by atoms with E-state index in [1.807, 2.05) is 38.1 Å². The molecule has 4 aromatic carbocycles. The molecule has 0 radical (unpaired) electrons. The molecule has 0 bridgehead atoms. The monoisotopic (exact) mass is 928 g/mol. The summed E-state index contributed by atoms with van der Waals surface area (Å²) in [6, 6.07) is 26.5. The SMILES string of the molecule is Cc1c(COc2cc(OCc3cncc(C#N)c3)c(CNCCC(=O)O)cc2Cl)cccc1-c1cccc(COc2cc(OCc3cncc(C#N)c3)c(CNCCC(=O)O)cc2Cl)c1C. The highest BCUT2D eigenvalue weighted by molar-refractivity contribution is 6.32. The van der Waals surface area contributed by atoms with Crippen LogP contribution in [0.1, 0.15) is 68.5 Å². The molecule has 338 valence electrons. The average Bonchev–Trinajstić information content (AvgIpc) is 3.31. The zero-order chi connectivity index (χ0) is 47.0. The van der Waals surface area contributed by atoms with Gasteiger partial charge in [0.1, 0.15) is 61.6 Å². The van der Waals surface area contributed by atoms with Crippen LogP contribution in [0.4, 0.5) is 0 Å². The van der Waals surface area contributed by atoms with Crippen LogP contribution in [0.5, 0.6) is 23.0 Å². The lowest BCUT2D eigenvalue weighted by atomic mass is 9.92. The van der Waals surface area contributed by atoms with E-state index in [-0.39, 0.29) is 52.4 Å². The minimum atomic E-state index is -0.912. The predicted octanol–water partition coefficient (Wildman–Crippen LogP) is 9.26. The maximum absolute atomic E-state index is 11.1. The summed E-state index contributed by atoms with van der Waals surface area (Å²) in [5.41, 5.74) is 9.48. The smallest absolute Gasteiger partial charge is 0.304 e. The first kappa shape index (κ1) is 48.3. The van der Waals surface area contributed by atoms with Gasteiger partial charge in [-0.25, -0.2) is 0 Å². The van der Waals surface area contributed by atoms with E-state index in [1.165, 1.54) is 12.4 Å². The van der Waals surface area contributed by atoms with Crippen LogP contribution in [0, 0.1) is 36.5 Å². The molecule has 0 amide bonds. The maximum Gasteiger partial charge on any atom is 0.304 e. The Kier molecular flexibility index (Phi) is 17.3. The number of nitriles is 2. The molecule has 0 aliphatic rings. The van der Waals surface area contributed by atoms with E-state index in [9.17, 15) is 20.1 Å². The van der Waals surface area contributed by atoms with E-state index >= 15 is 0 Å². The van der Waals surface area contributed by atoms with Gasteiger partial charge in [0.05, 0.1) is 34.0 Å². The fourth-order valence-corrected chi connectivity index (χ4v) is 7.39. The second-order valence-corrected chi connectivity index (χ2v) is 16.0. The number of hydrogen-bond acceptors (Lipinski definition) is 12. The normalized spacial score (nSPS) is 10.8. The van der Waals surface area contributed by atoms with Gasteiger partial charge in [0, 0.05) is 85.4 Å². The van der Waals surface area contributed by atoms with Crippen molar-refractivity contribution in [2.45, 2.75) is 66.2 Å². The number of benzene rings is 4. The molecule has 0 atom stereocenters. The molecule has 0 aliphatic carbocycles. The lowest BCUT2D eigenvalue weighted by molar-refractivity contribution is -0.137. The zero-order valence-corrected chi connectivity index (χ0v) is 37.7. The summed E-state index contributed by atoms with van der Waals surface area (Å²) in [6.07, 6.45) is 6.09. The zero-order valence-electron chi connectivity index (χ0n) is 36.2. The van der Waals surface area contributed by atoms with Gasteiger partial charge in [0.25, 0.3) is 0 Å². The van der Waals surface area contributed by atoms with Crippen LogP contribution in [0.2, 0.25) is 10.0 Å². The quantitative estimate of drug-likeness (QED) is 0.0442. The molecule has 2 aromatic heterocycles. The molecular formula is C50H46Cl2N6O8. The molecule has 0 unspecified atom stereocenters. The van der Waals surface area contributed by atoms with E-state index in [4.69, 9.17) is 52.4 Å². The standard InChI is InChI=1S/C50H46Cl2N6O8/c1-31-37(29-65-47-17-45(63-27-35-13-33(19-53)21-57-23-35)39(15-43(47)51)25-55-11-9-49(59)60)5-3-7-41(31)42-8-4-6-38(32(42)2)30-66-48-18-46(64-28-36-14-34(20-54)22-58-24-36)40(16-44(48)52)26-56-12-10-50(61)62/h3-8,13-18,21-24,55-56H,9-12,25-30H2,1-2H3,(H,59,60)(H,61,62). The number of hydrogen-bond donors (Lipinski definition) is 4. The third-order valence-corrected chi connectivity index (χ3v) is 11.1. The number of ether oxygens (including phenoxy) is 4. The predicted molar refractivity (Wildman–Crippen MR) is 247 cm³/mol. The fourth-order valence-electron chi connectivity index (χ4n) is 6.91. The number of nitrogens with one attached hydrogen (secondary N) is 2. The Labute approximate surface area is 392 Å². The Morgan fingerprint density at radius 2 is 0.985 bits per heavy atom. The number of rotatable bonds is 23. The summed E-state index contributed by atoms with van der Waals surface area (Å²) in [5, 5.41) is 43.8. The number of carboxylic acid groups (broad SMARTS) is 2. The third-order valence-electron chi connectivity index (χ3n) is 10.5. The molecule has 0 aliphatic heterocycles. The lowest BCUT2D eigenvalue weighted by Crippen LogP contribution is -2.18. The van der Waals surface area contributed by atoms with Gasteiger partial charge in [-0.15, -0.1) is 0 Å². The summed E-state index contributed by atoms with van der Waals surface area (Å²) in [6.45, 7) is 5.80. The number of nitrogens with zero attached hydrogens (tertiary/aromatic N) is 4.